The standard InChI is InChI=1S/C9H10ClNO3S/c1-15(13,14)9(11-6-12)7-2-4-8(10)5-3-7/h2-6,9H,1H3,(H,11,12). The molecular formula is C9H10ClNO3S. The van der Waals surface area contributed by atoms with Gasteiger partial charge in [-0.1, -0.05) is 23.7 Å². The van der Waals surface area contributed by atoms with Gasteiger partial charge in [0, 0.05) is 11.3 Å². The van der Waals surface area contributed by atoms with Crippen LogP contribution < -0.4 is 5.32 Å². The molecule has 0 aliphatic heterocycles. The molecule has 0 fully saturated rings. The van der Waals surface area contributed by atoms with Crippen LogP contribution in [-0.4, -0.2) is 21.1 Å². The summed E-state index contributed by atoms with van der Waals surface area (Å²) in [6.45, 7) is 0. The van der Waals surface area contributed by atoms with Gasteiger partial charge in [0.25, 0.3) is 0 Å². The smallest absolute Gasteiger partial charge is 0.208 e. The lowest BCUT2D eigenvalue weighted by atomic mass is 10.2. The van der Waals surface area contributed by atoms with Crippen molar-refractivity contribution in [3.05, 3.63) is 34.9 Å². The van der Waals surface area contributed by atoms with Gasteiger partial charge in [0.15, 0.2) is 15.2 Å². The predicted octanol–water partition coefficient (Wildman–Crippen LogP) is 1.13. The predicted molar refractivity (Wildman–Crippen MR) is 58.2 cm³/mol. The van der Waals surface area contributed by atoms with Crippen molar-refractivity contribution >= 4 is 27.8 Å². The van der Waals surface area contributed by atoms with Crippen LogP contribution in [0, 0.1) is 0 Å². The Morgan fingerprint density at radius 3 is 2.27 bits per heavy atom. The number of halogens is 1. The van der Waals surface area contributed by atoms with Crippen molar-refractivity contribution in [2.24, 2.45) is 0 Å². The van der Waals surface area contributed by atoms with E-state index in [1.807, 2.05) is 0 Å². The molecule has 1 unspecified atom stereocenters. The van der Waals surface area contributed by atoms with Crippen LogP contribution in [0.15, 0.2) is 24.3 Å². The van der Waals surface area contributed by atoms with Crippen LogP contribution >= 0.6 is 11.6 Å². The highest BCUT2D eigenvalue weighted by molar-refractivity contribution is 7.90. The molecule has 82 valence electrons. The van der Waals surface area contributed by atoms with Crippen molar-refractivity contribution in [2.45, 2.75) is 5.37 Å². The summed E-state index contributed by atoms with van der Waals surface area (Å²) in [5.41, 5.74) is 0.481. The zero-order chi connectivity index (χ0) is 11.5. The molecule has 1 rings (SSSR count). The molecule has 0 aromatic heterocycles. The molecule has 1 amide bonds. The van der Waals surface area contributed by atoms with Gasteiger partial charge < -0.3 is 5.32 Å². The van der Waals surface area contributed by atoms with E-state index in [2.05, 4.69) is 5.32 Å². The fourth-order valence-electron chi connectivity index (χ4n) is 1.17. The first kappa shape index (κ1) is 12.0. The molecule has 1 aromatic rings. The fraction of sp³-hybridized carbons (Fsp3) is 0.222. The van der Waals surface area contributed by atoms with E-state index in [0.717, 1.165) is 6.26 Å². The number of amides is 1. The summed E-state index contributed by atoms with van der Waals surface area (Å²) in [7, 11) is -3.38. The summed E-state index contributed by atoms with van der Waals surface area (Å²) in [4.78, 5) is 10.3. The Kier molecular flexibility index (Phi) is 3.71. The molecule has 1 atom stereocenters. The number of hydrogen-bond acceptors (Lipinski definition) is 3. The van der Waals surface area contributed by atoms with Crippen molar-refractivity contribution < 1.29 is 13.2 Å². The number of benzene rings is 1. The lowest BCUT2D eigenvalue weighted by molar-refractivity contribution is -0.109. The lowest BCUT2D eigenvalue weighted by Crippen LogP contribution is -2.26. The Morgan fingerprint density at radius 2 is 1.87 bits per heavy atom. The Balaban J connectivity index is 3.10. The largest absolute Gasteiger partial charge is 0.339 e. The van der Waals surface area contributed by atoms with E-state index < -0.39 is 15.2 Å². The van der Waals surface area contributed by atoms with E-state index in [4.69, 9.17) is 11.6 Å². The minimum atomic E-state index is -3.38. The van der Waals surface area contributed by atoms with E-state index in [1.54, 1.807) is 24.3 Å². The molecule has 0 aliphatic carbocycles. The van der Waals surface area contributed by atoms with E-state index >= 15 is 0 Å². The van der Waals surface area contributed by atoms with Crippen LogP contribution in [-0.2, 0) is 14.6 Å². The van der Waals surface area contributed by atoms with E-state index in [9.17, 15) is 13.2 Å². The van der Waals surface area contributed by atoms with Crippen molar-refractivity contribution in [3.63, 3.8) is 0 Å². The van der Waals surface area contributed by atoms with E-state index in [1.165, 1.54) is 0 Å². The molecule has 4 nitrogen and oxygen atoms in total. The Labute approximate surface area is 93.2 Å². The second-order valence-corrected chi connectivity index (χ2v) is 5.61. The highest BCUT2D eigenvalue weighted by atomic mass is 35.5. The van der Waals surface area contributed by atoms with Crippen LogP contribution in [0.3, 0.4) is 0 Å². The Morgan fingerprint density at radius 1 is 1.33 bits per heavy atom. The van der Waals surface area contributed by atoms with Crippen LogP contribution in [0.5, 0.6) is 0 Å². The minimum absolute atomic E-state index is 0.361. The summed E-state index contributed by atoms with van der Waals surface area (Å²) in [5.74, 6) is 0. The Hall–Kier alpha value is -1.07. The zero-order valence-electron chi connectivity index (χ0n) is 7.98. The second-order valence-electron chi connectivity index (χ2n) is 3.05. The second kappa shape index (κ2) is 4.63. The maximum Gasteiger partial charge on any atom is 0.208 e. The molecule has 1 N–H and O–H groups in total. The number of carbonyl (C=O) groups excluding carboxylic acids is 1. The summed E-state index contributed by atoms with van der Waals surface area (Å²) in [6, 6.07) is 6.26. The number of rotatable bonds is 4. The first-order valence-corrected chi connectivity index (χ1v) is 6.42. The van der Waals surface area contributed by atoms with Crippen molar-refractivity contribution in [1.29, 1.82) is 0 Å². The van der Waals surface area contributed by atoms with Gasteiger partial charge in [-0.05, 0) is 17.7 Å². The van der Waals surface area contributed by atoms with Gasteiger partial charge in [-0.2, -0.15) is 0 Å². The SMILES string of the molecule is CS(=O)(=O)C(NC=O)c1ccc(Cl)cc1. The first-order chi connectivity index (χ1) is 6.95. The third-order valence-electron chi connectivity index (χ3n) is 1.82. The molecule has 0 bridgehead atoms. The topological polar surface area (TPSA) is 63.2 Å². The lowest BCUT2D eigenvalue weighted by Gasteiger charge is -2.14. The number of sulfone groups is 1. The van der Waals surface area contributed by atoms with E-state index in [0.29, 0.717) is 17.0 Å². The quantitative estimate of drug-likeness (QED) is 0.812. The average molecular weight is 248 g/mol. The highest BCUT2D eigenvalue weighted by Gasteiger charge is 2.21. The number of nitrogens with one attached hydrogen (secondary N) is 1. The van der Waals surface area contributed by atoms with Crippen LogP contribution in [0.25, 0.3) is 0 Å². The normalized spacial score (nSPS) is 13.2. The molecule has 0 saturated carbocycles. The summed E-state index contributed by atoms with van der Waals surface area (Å²) >= 11 is 5.67. The number of hydrogen-bond donors (Lipinski definition) is 1. The van der Waals surface area contributed by atoms with Gasteiger partial charge in [-0.15, -0.1) is 0 Å². The zero-order valence-corrected chi connectivity index (χ0v) is 9.55. The van der Waals surface area contributed by atoms with E-state index in [-0.39, 0.29) is 0 Å². The minimum Gasteiger partial charge on any atom is -0.339 e. The van der Waals surface area contributed by atoms with Gasteiger partial charge in [0.05, 0.1) is 0 Å². The highest BCUT2D eigenvalue weighted by Crippen LogP contribution is 2.20. The van der Waals surface area contributed by atoms with Gasteiger partial charge in [0.1, 0.15) is 0 Å². The molecule has 15 heavy (non-hydrogen) atoms. The van der Waals surface area contributed by atoms with Gasteiger partial charge >= 0.3 is 0 Å². The third-order valence-corrected chi connectivity index (χ3v) is 3.34. The number of carbonyl (C=O) groups is 1. The molecule has 0 heterocycles. The Bertz CT molecular complexity index is 441. The van der Waals surface area contributed by atoms with Gasteiger partial charge in [-0.25, -0.2) is 8.42 Å². The van der Waals surface area contributed by atoms with Crippen LogP contribution in [0.2, 0.25) is 5.02 Å². The maximum absolute atomic E-state index is 11.4. The molecule has 6 heteroatoms. The summed E-state index contributed by atoms with van der Waals surface area (Å²) in [5, 5.41) is 1.74. The molecule has 0 saturated heterocycles. The van der Waals surface area contributed by atoms with Gasteiger partial charge in [-0.3, -0.25) is 4.79 Å². The van der Waals surface area contributed by atoms with Crippen LogP contribution in [0.4, 0.5) is 0 Å². The first-order valence-electron chi connectivity index (χ1n) is 4.09. The third kappa shape index (κ3) is 3.21. The molecule has 0 aliphatic rings. The summed E-state index contributed by atoms with van der Waals surface area (Å²) in [6.07, 6.45) is 1.42. The monoisotopic (exact) mass is 247 g/mol. The molecular weight excluding hydrogens is 238 g/mol. The van der Waals surface area contributed by atoms with Gasteiger partial charge in [0.2, 0.25) is 6.41 Å². The molecule has 0 radical (unpaired) electrons. The summed E-state index contributed by atoms with van der Waals surface area (Å²) < 4.78 is 22.7. The van der Waals surface area contributed by atoms with Crippen molar-refractivity contribution in [1.82, 2.24) is 5.32 Å². The maximum atomic E-state index is 11.4. The van der Waals surface area contributed by atoms with Crippen LogP contribution in [0.1, 0.15) is 10.9 Å². The van der Waals surface area contributed by atoms with Crippen molar-refractivity contribution in [3.8, 4) is 0 Å². The molecule has 0 spiro atoms. The van der Waals surface area contributed by atoms with Crippen molar-refractivity contribution in [2.75, 3.05) is 6.26 Å². The fourth-order valence-corrected chi connectivity index (χ4v) is 2.25. The molecule has 1 aromatic carbocycles. The average Bonchev–Trinajstić information content (AvgIpc) is 2.14.